The SMILES string of the molecule is COc1cc([C@@H]2[C@@H](N3C(=O)c4cccc([N+](=O)[O-])c4C3=O)C(=O)N2c2ccc(Cl)cc2)cc(OC)c1OC. The van der Waals surface area contributed by atoms with Crippen molar-refractivity contribution in [2.45, 2.75) is 12.1 Å². The number of carbonyl (C=O) groups is 3. The summed E-state index contributed by atoms with van der Waals surface area (Å²) in [5.41, 5.74) is -0.0365. The predicted molar refractivity (Wildman–Crippen MR) is 135 cm³/mol. The Morgan fingerprint density at radius 3 is 2.03 bits per heavy atom. The molecule has 0 radical (unpaired) electrons. The van der Waals surface area contributed by atoms with Crippen molar-refractivity contribution in [2.75, 3.05) is 26.2 Å². The predicted octanol–water partition coefficient (Wildman–Crippen LogP) is 4.03. The van der Waals surface area contributed by atoms with Crippen LogP contribution in [-0.2, 0) is 4.79 Å². The summed E-state index contributed by atoms with van der Waals surface area (Å²) < 4.78 is 16.3. The van der Waals surface area contributed by atoms with Crippen molar-refractivity contribution in [1.82, 2.24) is 4.90 Å². The number of halogens is 1. The fourth-order valence-electron chi connectivity index (χ4n) is 4.91. The number of imide groups is 1. The van der Waals surface area contributed by atoms with Crippen molar-refractivity contribution in [3.63, 3.8) is 0 Å². The first-order valence-electron chi connectivity index (χ1n) is 11.3. The summed E-state index contributed by atoms with van der Waals surface area (Å²) in [6.07, 6.45) is 0. The third kappa shape index (κ3) is 3.62. The van der Waals surface area contributed by atoms with E-state index < -0.39 is 40.4 Å². The highest BCUT2D eigenvalue weighted by Gasteiger charge is 2.58. The molecule has 3 amide bonds. The molecule has 2 heterocycles. The molecule has 5 rings (SSSR count). The summed E-state index contributed by atoms with van der Waals surface area (Å²) in [6.45, 7) is 0. The van der Waals surface area contributed by atoms with Crippen LogP contribution in [0.15, 0.2) is 54.6 Å². The van der Waals surface area contributed by atoms with Crippen LogP contribution in [0.3, 0.4) is 0 Å². The van der Waals surface area contributed by atoms with Gasteiger partial charge in [-0.25, -0.2) is 0 Å². The van der Waals surface area contributed by atoms with Crippen LogP contribution >= 0.6 is 11.6 Å². The van der Waals surface area contributed by atoms with Crippen molar-refractivity contribution < 1.29 is 33.5 Å². The number of hydrogen-bond donors (Lipinski definition) is 0. The van der Waals surface area contributed by atoms with Gasteiger partial charge in [0.2, 0.25) is 5.75 Å². The van der Waals surface area contributed by atoms with Crippen LogP contribution in [-0.4, -0.2) is 54.9 Å². The van der Waals surface area contributed by atoms with Crippen LogP contribution in [0.2, 0.25) is 5.02 Å². The van der Waals surface area contributed by atoms with Crippen LogP contribution in [0.1, 0.15) is 32.3 Å². The van der Waals surface area contributed by atoms with E-state index in [0.717, 1.165) is 11.0 Å². The van der Waals surface area contributed by atoms with Gasteiger partial charge in [-0.3, -0.25) is 29.4 Å². The molecule has 11 nitrogen and oxygen atoms in total. The van der Waals surface area contributed by atoms with E-state index in [2.05, 4.69) is 0 Å². The molecule has 0 N–H and O–H groups in total. The number of rotatable bonds is 7. The molecule has 12 heteroatoms. The first kappa shape index (κ1) is 25.0. The fraction of sp³-hybridized carbons (Fsp3) is 0.192. The van der Waals surface area contributed by atoms with E-state index >= 15 is 0 Å². The number of fused-ring (bicyclic) bond motifs is 1. The summed E-state index contributed by atoms with van der Waals surface area (Å²) in [6, 6.07) is 11.4. The summed E-state index contributed by atoms with van der Waals surface area (Å²) in [5, 5.41) is 12.0. The smallest absolute Gasteiger partial charge is 0.282 e. The van der Waals surface area contributed by atoms with Gasteiger partial charge in [-0.2, -0.15) is 0 Å². The maximum absolute atomic E-state index is 13.6. The molecule has 194 valence electrons. The second-order valence-electron chi connectivity index (χ2n) is 8.47. The Morgan fingerprint density at radius 2 is 1.47 bits per heavy atom. The standard InChI is InChI=1S/C26H20ClN3O8/c1-36-18-11-13(12-19(37-2)23(18)38-3)21-22(26(33)28(21)15-9-7-14(27)8-10-15)29-24(31)16-5-4-6-17(30(34)35)20(16)25(29)32/h4-12,21-22H,1-3H3/t21-,22-/m1/s1. The number of nitro benzene ring substituents is 1. The Morgan fingerprint density at radius 1 is 0.842 bits per heavy atom. The molecule has 38 heavy (non-hydrogen) atoms. The van der Waals surface area contributed by atoms with Gasteiger partial charge in [0.1, 0.15) is 11.6 Å². The maximum Gasteiger partial charge on any atom is 0.282 e. The van der Waals surface area contributed by atoms with Crippen molar-refractivity contribution in [3.05, 3.63) is 86.4 Å². The number of hydrogen-bond acceptors (Lipinski definition) is 8. The lowest BCUT2D eigenvalue weighted by Gasteiger charge is -2.49. The molecular weight excluding hydrogens is 518 g/mol. The minimum atomic E-state index is -1.29. The van der Waals surface area contributed by atoms with E-state index in [1.165, 1.54) is 38.4 Å². The highest BCUT2D eigenvalue weighted by atomic mass is 35.5. The summed E-state index contributed by atoms with van der Waals surface area (Å²) >= 11 is 6.04. The average Bonchev–Trinajstić information content (AvgIpc) is 3.16. The second-order valence-corrected chi connectivity index (χ2v) is 8.91. The third-order valence-electron chi connectivity index (χ3n) is 6.60. The molecular formula is C26H20ClN3O8. The van der Waals surface area contributed by atoms with Gasteiger partial charge in [-0.1, -0.05) is 17.7 Å². The minimum Gasteiger partial charge on any atom is -0.493 e. The van der Waals surface area contributed by atoms with Crippen molar-refractivity contribution in [1.29, 1.82) is 0 Å². The molecule has 0 spiro atoms. The number of nitrogens with zero attached hydrogens (tertiary/aromatic N) is 3. The number of β-lactam (4-membered cyclic amide) rings is 1. The maximum atomic E-state index is 13.6. The Kier molecular flexibility index (Phi) is 6.15. The van der Waals surface area contributed by atoms with Gasteiger partial charge in [-0.05, 0) is 48.0 Å². The van der Waals surface area contributed by atoms with Crippen molar-refractivity contribution >= 4 is 40.7 Å². The van der Waals surface area contributed by atoms with E-state index in [1.54, 1.807) is 36.4 Å². The van der Waals surface area contributed by atoms with Gasteiger partial charge in [0.05, 0.1) is 37.9 Å². The zero-order chi connectivity index (χ0) is 27.3. The molecule has 2 aliphatic rings. The highest BCUT2D eigenvalue weighted by Crippen LogP contribution is 2.48. The fourth-order valence-corrected chi connectivity index (χ4v) is 5.03. The lowest BCUT2D eigenvalue weighted by atomic mass is 9.86. The van der Waals surface area contributed by atoms with E-state index in [9.17, 15) is 24.5 Å². The second kappa shape index (κ2) is 9.34. The van der Waals surface area contributed by atoms with Crippen LogP contribution in [0.4, 0.5) is 11.4 Å². The van der Waals surface area contributed by atoms with E-state index in [4.69, 9.17) is 25.8 Å². The third-order valence-corrected chi connectivity index (χ3v) is 6.85. The Balaban J connectivity index is 1.66. The summed E-state index contributed by atoms with van der Waals surface area (Å²) in [4.78, 5) is 53.6. The molecule has 0 bridgehead atoms. The van der Waals surface area contributed by atoms with Gasteiger partial charge in [0.15, 0.2) is 11.5 Å². The van der Waals surface area contributed by atoms with Crippen molar-refractivity contribution in [2.24, 2.45) is 0 Å². The lowest BCUT2D eigenvalue weighted by Crippen LogP contribution is -2.67. The Bertz CT molecular complexity index is 1480. The minimum absolute atomic E-state index is 0.134. The van der Waals surface area contributed by atoms with Gasteiger partial charge in [-0.15, -0.1) is 0 Å². The number of carbonyl (C=O) groups excluding carboxylic acids is 3. The van der Waals surface area contributed by atoms with Crippen LogP contribution < -0.4 is 19.1 Å². The first-order valence-corrected chi connectivity index (χ1v) is 11.6. The summed E-state index contributed by atoms with van der Waals surface area (Å²) in [7, 11) is 4.32. The topological polar surface area (TPSA) is 129 Å². The van der Waals surface area contributed by atoms with Crippen LogP contribution in [0.5, 0.6) is 17.2 Å². The molecule has 0 aliphatic carbocycles. The number of methoxy groups -OCH3 is 3. The van der Waals surface area contributed by atoms with Crippen LogP contribution in [0.25, 0.3) is 0 Å². The van der Waals surface area contributed by atoms with Gasteiger partial charge in [0, 0.05) is 16.8 Å². The highest BCUT2D eigenvalue weighted by molar-refractivity contribution is 6.30. The Hall–Kier alpha value is -4.64. The van der Waals surface area contributed by atoms with E-state index in [-0.39, 0.29) is 11.1 Å². The molecule has 0 unspecified atom stereocenters. The number of benzene rings is 3. The van der Waals surface area contributed by atoms with Gasteiger partial charge < -0.3 is 19.1 Å². The molecule has 0 aromatic heterocycles. The molecule has 2 atom stereocenters. The van der Waals surface area contributed by atoms with Gasteiger partial charge >= 0.3 is 0 Å². The summed E-state index contributed by atoms with van der Waals surface area (Å²) in [5.74, 6) is -1.34. The quantitative estimate of drug-likeness (QED) is 0.191. The first-order chi connectivity index (χ1) is 18.2. The molecule has 3 aromatic rings. The number of nitro groups is 1. The van der Waals surface area contributed by atoms with Crippen LogP contribution in [0, 0.1) is 10.1 Å². The van der Waals surface area contributed by atoms with E-state index in [0.29, 0.717) is 33.5 Å². The monoisotopic (exact) mass is 537 g/mol. The largest absolute Gasteiger partial charge is 0.493 e. The Labute approximate surface area is 221 Å². The molecule has 1 saturated heterocycles. The number of amides is 3. The lowest BCUT2D eigenvalue weighted by molar-refractivity contribution is -0.385. The van der Waals surface area contributed by atoms with Crippen molar-refractivity contribution in [3.8, 4) is 17.2 Å². The van der Waals surface area contributed by atoms with E-state index in [1.807, 2.05) is 0 Å². The zero-order valence-corrected chi connectivity index (χ0v) is 21.1. The molecule has 1 fully saturated rings. The molecule has 0 saturated carbocycles. The number of anilines is 1. The zero-order valence-electron chi connectivity index (χ0n) is 20.3. The average molecular weight is 538 g/mol. The normalized spacial score (nSPS) is 18.3. The number of ether oxygens (including phenoxy) is 3. The molecule has 3 aromatic carbocycles. The van der Waals surface area contributed by atoms with Gasteiger partial charge in [0.25, 0.3) is 23.4 Å². The molecule has 2 aliphatic heterocycles.